The minimum absolute atomic E-state index is 0. The van der Waals surface area contributed by atoms with Crippen LogP contribution in [0.25, 0.3) is 0 Å². The van der Waals surface area contributed by atoms with E-state index in [-0.39, 0.29) is 39.6 Å². The molecule has 3 aromatic rings. The highest BCUT2D eigenvalue weighted by Gasteiger charge is 2.22. The molecule has 0 aliphatic rings. The molecule has 0 aliphatic carbocycles. The number of carbonyl (C=O) groups excluding carboxylic acids is 1. The fourth-order valence-electron chi connectivity index (χ4n) is 2.13. The number of esters is 1. The van der Waals surface area contributed by atoms with E-state index in [4.69, 9.17) is 44.5 Å². The summed E-state index contributed by atoms with van der Waals surface area (Å²) in [6.07, 6.45) is 0. The number of carbonyl (C=O) groups is 2. The lowest BCUT2D eigenvalue weighted by Gasteiger charge is -2.08. The van der Waals surface area contributed by atoms with Crippen molar-refractivity contribution in [2.45, 2.75) is 14.0 Å². The van der Waals surface area contributed by atoms with Gasteiger partial charge in [-0.2, -0.15) is 0 Å². The van der Waals surface area contributed by atoms with E-state index in [2.05, 4.69) is 41.8 Å². The Bertz CT molecular complexity index is 1220. The van der Waals surface area contributed by atoms with Gasteiger partial charge in [0.2, 0.25) is 0 Å². The number of hydrogen-bond acceptors (Lipinski definition) is 7. The van der Waals surface area contributed by atoms with Gasteiger partial charge in [0.05, 0.1) is 21.4 Å². The molecule has 1 aromatic carbocycles. The number of ether oxygens (including phenoxy) is 1. The average molecular weight is 645 g/mol. The molecule has 14 heteroatoms. The minimum atomic E-state index is -1.36. The molecule has 182 valence electrons. The number of carboxylic acids is 1. The molecule has 0 saturated heterocycles. The second-order valence-electron chi connectivity index (χ2n) is 5.95. The number of nitrogens with zero attached hydrogens (tertiary/aromatic N) is 2. The second-order valence-corrected chi connectivity index (χ2v) is 8.21. The van der Waals surface area contributed by atoms with Crippen LogP contribution >= 0.6 is 55.1 Å². The largest absolute Gasteiger partial charge is 0.476 e. The van der Waals surface area contributed by atoms with E-state index >= 15 is 0 Å². The highest BCUT2D eigenvalue weighted by Crippen LogP contribution is 2.30. The predicted octanol–water partition coefficient (Wildman–Crippen LogP) is 6.13. The molecule has 0 radical (unpaired) electrons. The van der Waals surface area contributed by atoms with Crippen LogP contribution in [0.1, 0.15) is 34.0 Å². The van der Waals surface area contributed by atoms with Crippen LogP contribution in [0.15, 0.2) is 39.5 Å². The Morgan fingerprint density at radius 2 is 1.38 bits per heavy atom. The first-order valence-electron chi connectivity index (χ1n) is 8.49. The number of anilines is 2. The van der Waals surface area contributed by atoms with Gasteiger partial charge >= 0.3 is 11.9 Å². The Balaban J connectivity index is 0.000000360. The molecule has 0 aliphatic heterocycles. The van der Waals surface area contributed by atoms with Crippen molar-refractivity contribution in [2.24, 2.45) is 0 Å². The van der Waals surface area contributed by atoms with Gasteiger partial charge in [-0.25, -0.2) is 28.3 Å². The molecule has 0 saturated carbocycles. The Hall–Kier alpha value is -2.54. The highest BCUT2D eigenvalue weighted by atomic mass is 79.9. The number of rotatable bonds is 4. The predicted molar refractivity (Wildman–Crippen MR) is 132 cm³/mol. The number of hydrogen-bond donors (Lipinski definition) is 3. The molecule has 5 N–H and O–H groups in total. The second kappa shape index (κ2) is 12.8. The van der Waals surface area contributed by atoms with E-state index in [1.54, 1.807) is 12.1 Å². The smallest absolute Gasteiger partial charge is 0.358 e. The summed E-state index contributed by atoms with van der Waals surface area (Å²) in [7, 11) is 0. The molecule has 0 spiro atoms. The zero-order chi connectivity index (χ0) is 24.9. The maximum Gasteiger partial charge on any atom is 0.358 e. The molecular weight excluding hydrogens is 629 g/mol. The summed E-state index contributed by atoms with van der Waals surface area (Å²) in [6, 6.07) is 9.10. The van der Waals surface area contributed by atoms with Gasteiger partial charge < -0.3 is 21.3 Å². The van der Waals surface area contributed by atoms with E-state index in [1.165, 1.54) is 0 Å². The third-order valence-electron chi connectivity index (χ3n) is 3.75. The zero-order valence-electron chi connectivity index (χ0n) is 16.1. The Morgan fingerprint density at radius 1 is 0.941 bits per heavy atom. The quantitative estimate of drug-likeness (QED) is 0.228. The molecule has 3 rings (SSSR count). The fourth-order valence-corrected chi connectivity index (χ4v) is 3.32. The van der Waals surface area contributed by atoms with Crippen molar-refractivity contribution in [3.05, 3.63) is 78.2 Å². The van der Waals surface area contributed by atoms with Crippen LogP contribution in [-0.2, 0) is 11.3 Å². The number of halogens is 6. The summed E-state index contributed by atoms with van der Waals surface area (Å²) in [5.41, 5.74) is 9.95. The van der Waals surface area contributed by atoms with Crippen molar-refractivity contribution < 1.29 is 28.2 Å². The summed E-state index contributed by atoms with van der Waals surface area (Å²) >= 11 is 16.8. The molecule has 0 atom stereocenters. The van der Waals surface area contributed by atoms with Gasteiger partial charge in [-0.3, -0.25) is 0 Å². The first-order chi connectivity index (χ1) is 15.5. The summed E-state index contributed by atoms with van der Waals surface area (Å²) in [4.78, 5) is 29.4. The maximum atomic E-state index is 13.4. The molecule has 8 nitrogen and oxygen atoms in total. The molecule has 0 unspecified atom stereocenters. The van der Waals surface area contributed by atoms with E-state index in [9.17, 15) is 18.4 Å². The number of pyridine rings is 2. The third kappa shape index (κ3) is 6.98. The monoisotopic (exact) mass is 642 g/mol. The first kappa shape index (κ1) is 29.5. The number of nitrogens with two attached hydrogens (primary N) is 2. The summed E-state index contributed by atoms with van der Waals surface area (Å²) in [5.74, 6) is -3.81. The van der Waals surface area contributed by atoms with Crippen molar-refractivity contribution in [3.8, 4) is 0 Å². The van der Waals surface area contributed by atoms with E-state index in [1.807, 2.05) is 18.2 Å². The molecule has 0 amide bonds. The lowest BCUT2D eigenvalue weighted by atomic mass is 10.2. The van der Waals surface area contributed by atoms with Gasteiger partial charge in [0.1, 0.15) is 15.8 Å². The van der Waals surface area contributed by atoms with Crippen LogP contribution in [0.2, 0.25) is 10.0 Å². The van der Waals surface area contributed by atoms with Crippen LogP contribution in [-0.4, -0.2) is 27.0 Å². The molecular formula is C20H16Br2Cl2F2N4O4. The van der Waals surface area contributed by atoms with Crippen molar-refractivity contribution in [1.29, 1.82) is 0 Å². The molecule has 0 bridgehead atoms. The lowest BCUT2D eigenvalue weighted by Crippen LogP contribution is -2.11. The Morgan fingerprint density at radius 3 is 1.85 bits per heavy atom. The maximum absolute atomic E-state index is 13.4. The van der Waals surface area contributed by atoms with Crippen LogP contribution < -0.4 is 11.5 Å². The zero-order valence-corrected chi connectivity index (χ0v) is 20.8. The van der Waals surface area contributed by atoms with E-state index in [0.717, 1.165) is 5.56 Å². The van der Waals surface area contributed by atoms with Gasteiger partial charge in [0, 0.05) is 0 Å². The van der Waals surface area contributed by atoms with Crippen molar-refractivity contribution in [2.75, 3.05) is 11.5 Å². The van der Waals surface area contributed by atoms with E-state index < -0.39 is 40.0 Å². The fraction of sp³-hybridized carbons (Fsp3) is 0.100. The van der Waals surface area contributed by atoms with Gasteiger partial charge in [-0.15, -0.1) is 0 Å². The van der Waals surface area contributed by atoms with Crippen molar-refractivity contribution in [3.63, 3.8) is 0 Å². The van der Waals surface area contributed by atoms with E-state index in [0.29, 0.717) is 0 Å². The van der Waals surface area contributed by atoms with Gasteiger partial charge in [0.25, 0.3) is 0 Å². The van der Waals surface area contributed by atoms with Crippen molar-refractivity contribution in [1.82, 2.24) is 9.97 Å². The van der Waals surface area contributed by atoms with Crippen LogP contribution in [0.3, 0.4) is 0 Å². The number of aromatic nitrogens is 2. The normalized spacial score (nSPS) is 9.94. The summed E-state index contributed by atoms with van der Waals surface area (Å²) in [5, 5.41) is 7.90. The number of nitrogen functional groups attached to an aromatic ring is 2. The number of aromatic carboxylic acids is 1. The third-order valence-corrected chi connectivity index (χ3v) is 5.57. The Labute approximate surface area is 219 Å². The SMILES string of the molecule is C.Nc1c(F)c(Br)nc(C(=O)O)c1Cl.Nc1c(F)c(Br)nc(C(=O)OCc2ccccc2)c1Cl. The molecule has 2 heterocycles. The molecule has 0 fully saturated rings. The average Bonchev–Trinajstić information content (AvgIpc) is 2.80. The van der Waals surface area contributed by atoms with Crippen molar-refractivity contribution >= 4 is 78.4 Å². The van der Waals surface area contributed by atoms with Crippen LogP contribution in [0.5, 0.6) is 0 Å². The first-order valence-corrected chi connectivity index (χ1v) is 10.8. The molecule has 34 heavy (non-hydrogen) atoms. The molecule has 2 aromatic heterocycles. The van der Waals surface area contributed by atoms with Gasteiger partial charge in [0.15, 0.2) is 23.0 Å². The summed E-state index contributed by atoms with van der Waals surface area (Å²) < 4.78 is 30.9. The number of carboxylic acid groups (broad SMARTS) is 1. The van der Waals surface area contributed by atoms with Crippen LogP contribution in [0, 0.1) is 11.6 Å². The van der Waals surface area contributed by atoms with Gasteiger partial charge in [-0.1, -0.05) is 61.0 Å². The van der Waals surface area contributed by atoms with Gasteiger partial charge in [-0.05, 0) is 37.4 Å². The number of benzene rings is 1. The standard InChI is InChI=1S/C13H9BrClFN2O2.C6H3BrClFN2O2.CH4/c14-12-9(16)10(17)8(15)11(18-12)13(19)20-6-7-4-2-1-3-5-7;7-5-2(9)3(10)1(8)4(11-5)6(12)13;/h1-5H,6H2,(H2,17,18);(H2,10,11)(H,12,13);1H4. The lowest BCUT2D eigenvalue weighted by molar-refractivity contribution is 0.0465. The van der Waals surface area contributed by atoms with Crippen LogP contribution in [0.4, 0.5) is 20.2 Å². The Kier molecular flexibility index (Phi) is 11.1. The summed E-state index contributed by atoms with van der Waals surface area (Å²) in [6.45, 7) is 0.0621. The highest BCUT2D eigenvalue weighted by molar-refractivity contribution is 9.10. The topological polar surface area (TPSA) is 141 Å². The minimum Gasteiger partial charge on any atom is -0.476 e.